The molecule has 0 saturated heterocycles. The van der Waals surface area contributed by atoms with Crippen LogP contribution < -0.4 is 4.74 Å². The van der Waals surface area contributed by atoms with Gasteiger partial charge in [-0.1, -0.05) is 48.5 Å². The van der Waals surface area contributed by atoms with Crippen LogP contribution in [0.1, 0.15) is 49.4 Å². The Hall–Kier alpha value is -3.40. The quantitative estimate of drug-likeness (QED) is 0.415. The van der Waals surface area contributed by atoms with Gasteiger partial charge in [0.1, 0.15) is 24.2 Å². The van der Waals surface area contributed by atoms with E-state index >= 15 is 0 Å². The molecule has 0 saturated carbocycles. The Balaban J connectivity index is 1.70. The number of carbonyl (C=O) groups excluding carboxylic acids is 2. The molecule has 4 rings (SSSR count). The summed E-state index contributed by atoms with van der Waals surface area (Å²) in [4.78, 5) is 23.9. The van der Waals surface area contributed by atoms with Gasteiger partial charge in [-0.25, -0.2) is 4.79 Å². The van der Waals surface area contributed by atoms with Crippen LogP contribution in [0.5, 0.6) is 5.75 Å². The van der Waals surface area contributed by atoms with Crippen molar-refractivity contribution in [3.63, 3.8) is 0 Å². The Morgan fingerprint density at radius 2 is 1.80 bits per heavy atom. The molecule has 0 aliphatic heterocycles. The molecule has 0 fully saturated rings. The molecule has 0 radical (unpaired) electrons. The summed E-state index contributed by atoms with van der Waals surface area (Å²) in [6.07, 6.45) is 3.37. The molecule has 30 heavy (non-hydrogen) atoms. The van der Waals surface area contributed by atoms with Gasteiger partial charge in [-0.05, 0) is 65.6 Å². The SMILES string of the molecule is COC(=O)c1cc(C=O)c2c(c1OCc1cccc(-c3ccccc3)c1C)CCC2. The summed E-state index contributed by atoms with van der Waals surface area (Å²) in [5.41, 5.74) is 7.33. The molecule has 3 aromatic rings. The maximum absolute atomic E-state index is 12.4. The third-order valence-corrected chi connectivity index (χ3v) is 5.82. The van der Waals surface area contributed by atoms with Gasteiger partial charge in [0, 0.05) is 5.56 Å². The summed E-state index contributed by atoms with van der Waals surface area (Å²) >= 11 is 0. The van der Waals surface area contributed by atoms with E-state index in [1.807, 2.05) is 30.3 Å². The van der Waals surface area contributed by atoms with Crippen LogP contribution in [0.2, 0.25) is 0 Å². The fourth-order valence-corrected chi connectivity index (χ4v) is 4.24. The van der Waals surface area contributed by atoms with Crippen LogP contribution in [0.15, 0.2) is 54.6 Å². The smallest absolute Gasteiger partial charge is 0.341 e. The van der Waals surface area contributed by atoms with Gasteiger partial charge in [-0.3, -0.25) is 4.79 Å². The number of hydrogen-bond donors (Lipinski definition) is 0. The summed E-state index contributed by atoms with van der Waals surface area (Å²) < 4.78 is 11.2. The van der Waals surface area contributed by atoms with E-state index in [-0.39, 0.29) is 0 Å². The standard InChI is InChI=1S/C26H24O4/c1-17-19(10-6-11-21(17)18-8-4-3-5-9-18)16-30-25-23-13-7-12-22(23)20(15-27)14-24(25)26(28)29-2/h3-6,8-11,14-15H,7,12-13,16H2,1-2H3. The molecule has 0 spiro atoms. The van der Waals surface area contributed by atoms with Crippen molar-refractivity contribution in [3.05, 3.63) is 88.0 Å². The summed E-state index contributed by atoms with van der Waals surface area (Å²) in [5, 5.41) is 0. The maximum atomic E-state index is 12.4. The van der Waals surface area contributed by atoms with Crippen LogP contribution in [-0.4, -0.2) is 19.4 Å². The van der Waals surface area contributed by atoms with Crippen molar-refractivity contribution in [2.24, 2.45) is 0 Å². The van der Waals surface area contributed by atoms with E-state index in [1.165, 1.54) is 7.11 Å². The summed E-state index contributed by atoms with van der Waals surface area (Å²) in [6.45, 7) is 2.42. The molecule has 4 heteroatoms. The number of rotatable bonds is 6. The number of ether oxygens (including phenoxy) is 2. The Kier molecular flexibility index (Phi) is 5.66. The van der Waals surface area contributed by atoms with Crippen molar-refractivity contribution < 1.29 is 19.1 Å². The lowest BCUT2D eigenvalue weighted by atomic mass is 9.96. The van der Waals surface area contributed by atoms with Crippen molar-refractivity contribution in [1.82, 2.24) is 0 Å². The normalized spacial score (nSPS) is 12.3. The molecule has 1 aliphatic carbocycles. The highest BCUT2D eigenvalue weighted by Crippen LogP contribution is 2.37. The second kappa shape index (κ2) is 8.54. The summed E-state index contributed by atoms with van der Waals surface area (Å²) in [6, 6.07) is 18.0. The average molecular weight is 400 g/mol. The van der Waals surface area contributed by atoms with Crippen LogP contribution in [-0.2, 0) is 24.2 Å². The lowest BCUT2D eigenvalue weighted by Crippen LogP contribution is -2.11. The van der Waals surface area contributed by atoms with E-state index in [0.29, 0.717) is 23.5 Å². The number of methoxy groups -OCH3 is 1. The Morgan fingerprint density at radius 3 is 2.53 bits per heavy atom. The van der Waals surface area contributed by atoms with Gasteiger partial charge in [-0.2, -0.15) is 0 Å². The second-order valence-electron chi connectivity index (χ2n) is 7.51. The first-order chi connectivity index (χ1) is 14.6. The van der Waals surface area contributed by atoms with Gasteiger partial charge in [0.05, 0.1) is 7.11 Å². The van der Waals surface area contributed by atoms with Crippen LogP contribution in [0.3, 0.4) is 0 Å². The number of carbonyl (C=O) groups is 2. The highest BCUT2D eigenvalue weighted by atomic mass is 16.5. The van der Waals surface area contributed by atoms with Crippen molar-refractivity contribution in [1.29, 1.82) is 0 Å². The predicted octanol–water partition coefficient (Wildman–Crippen LogP) is 5.33. The lowest BCUT2D eigenvalue weighted by molar-refractivity contribution is 0.0595. The van der Waals surface area contributed by atoms with Crippen LogP contribution >= 0.6 is 0 Å². The number of aldehydes is 1. The van der Waals surface area contributed by atoms with E-state index in [4.69, 9.17) is 9.47 Å². The largest absolute Gasteiger partial charge is 0.488 e. The average Bonchev–Trinajstić information content (AvgIpc) is 3.28. The van der Waals surface area contributed by atoms with Gasteiger partial charge in [0.25, 0.3) is 0 Å². The molecular formula is C26H24O4. The highest BCUT2D eigenvalue weighted by Gasteiger charge is 2.26. The van der Waals surface area contributed by atoms with Crippen LogP contribution in [0.25, 0.3) is 11.1 Å². The Labute approximate surface area is 176 Å². The number of fused-ring (bicyclic) bond motifs is 1. The maximum Gasteiger partial charge on any atom is 0.341 e. The molecule has 0 bridgehead atoms. The van der Waals surface area contributed by atoms with Gasteiger partial charge in [0.15, 0.2) is 0 Å². The third-order valence-electron chi connectivity index (χ3n) is 5.82. The van der Waals surface area contributed by atoms with Crippen molar-refractivity contribution in [3.8, 4) is 16.9 Å². The van der Waals surface area contributed by atoms with Gasteiger partial charge in [-0.15, -0.1) is 0 Å². The topological polar surface area (TPSA) is 52.6 Å². The second-order valence-corrected chi connectivity index (χ2v) is 7.51. The molecule has 0 aromatic heterocycles. The van der Waals surface area contributed by atoms with E-state index in [0.717, 1.165) is 58.9 Å². The summed E-state index contributed by atoms with van der Waals surface area (Å²) in [7, 11) is 1.34. The third kappa shape index (κ3) is 3.61. The van der Waals surface area contributed by atoms with Crippen LogP contribution in [0.4, 0.5) is 0 Å². The van der Waals surface area contributed by atoms with Gasteiger partial charge >= 0.3 is 5.97 Å². The van der Waals surface area contributed by atoms with E-state index in [1.54, 1.807) is 6.07 Å². The first kappa shape index (κ1) is 19.9. The van der Waals surface area contributed by atoms with Crippen molar-refractivity contribution >= 4 is 12.3 Å². The number of esters is 1. The fraction of sp³-hybridized carbons (Fsp3) is 0.231. The molecule has 3 aromatic carbocycles. The van der Waals surface area contributed by atoms with E-state index < -0.39 is 5.97 Å². The molecule has 0 unspecified atom stereocenters. The molecule has 0 atom stereocenters. The molecule has 4 nitrogen and oxygen atoms in total. The molecule has 0 amide bonds. The highest BCUT2D eigenvalue weighted by molar-refractivity contribution is 5.96. The first-order valence-electron chi connectivity index (χ1n) is 10.1. The van der Waals surface area contributed by atoms with Crippen LogP contribution in [0, 0.1) is 6.92 Å². The minimum atomic E-state index is -0.488. The Bertz CT molecular complexity index is 1100. The lowest BCUT2D eigenvalue weighted by Gasteiger charge is -2.18. The fourth-order valence-electron chi connectivity index (χ4n) is 4.24. The zero-order valence-electron chi connectivity index (χ0n) is 17.2. The number of hydrogen-bond acceptors (Lipinski definition) is 4. The first-order valence-corrected chi connectivity index (χ1v) is 10.1. The molecular weight excluding hydrogens is 376 g/mol. The Morgan fingerprint density at radius 1 is 1.03 bits per heavy atom. The van der Waals surface area contributed by atoms with E-state index in [2.05, 4.69) is 25.1 Å². The molecule has 0 N–H and O–H groups in total. The van der Waals surface area contributed by atoms with Crippen molar-refractivity contribution in [2.45, 2.75) is 32.8 Å². The monoisotopic (exact) mass is 400 g/mol. The summed E-state index contributed by atoms with van der Waals surface area (Å²) in [5.74, 6) is 0.0574. The number of benzene rings is 3. The molecule has 152 valence electrons. The minimum absolute atomic E-state index is 0.317. The molecule has 1 aliphatic rings. The van der Waals surface area contributed by atoms with E-state index in [9.17, 15) is 9.59 Å². The zero-order valence-corrected chi connectivity index (χ0v) is 17.2. The molecule has 0 heterocycles. The van der Waals surface area contributed by atoms with Gasteiger partial charge < -0.3 is 9.47 Å². The van der Waals surface area contributed by atoms with Crippen molar-refractivity contribution in [2.75, 3.05) is 7.11 Å². The zero-order chi connectivity index (χ0) is 21.1. The predicted molar refractivity (Wildman–Crippen MR) is 116 cm³/mol. The minimum Gasteiger partial charge on any atom is -0.488 e. The van der Waals surface area contributed by atoms with Gasteiger partial charge in [0.2, 0.25) is 0 Å².